The summed E-state index contributed by atoms with van der Waals surface area (Å²) in [7, 11) is 0. The van der Waals surface area contributed by atoms with E-state index < -0.39 is 16.6 Å². The summed E-state index contributed by atoms with van der Waals surface area (Å²) < 4.78 is 47.5. The average molecular weight is 526 g/mol. The predicted molar refractivity (Wildman–Crippen MR) is 136 cm³/mol. The van der Waals surface area contributed by atoms with Gasteiger partial charge in [0.25, 0.3) is 5.56 Å². The van der Waals surface area contributed by atoms with E-state index >= 15 is 0 Å². The van der Waals surface area contributed by atoms with Crippen molar-refractivity contribution in [1.29, 1.82) is 0 Å². The maximum absolute atomic E-state index is 13.5. The maximum Gasteiger partial charge on any atom is 0.425 e. The first-order chi connectivity index (χ1) is 17.8. The Kier molecular flexibility index (Phi) is 6.97. The largest absolute Gasteiger partial charge is 0.425 e. The van der Waals surface area contributed by atoms with Crippen LogP contribution >= 0.6 is 11.3 Å². The van der Waals surface area contributed by atoms with Crippen LogP contribution in [0.2, 0.25) is 0 Å². The normalized spacial score (nSPS) is 15.8. The quantitative estimate of drug-likeness (QED) is 0.368. The first-order valence-corrected chi connectivity index (χ1v) is 12.4. The third-order valence-electron chi connectivity index (χ3n) is 5.89. The zero-order chi connectivity index (χ0) is 26.0. The van der Waals surface area contributed by atoms with Crippen LogP contribution < -0.4 is 16.2 Å². The number of pyridine rings is 1. The smallest absolute Gasteiger partial charge is 0.371 e. The summed E-state index contributed by atoms with van der Waals surface area (Å²) in [4.78, 5) is 21.3. The van der Waals surface area contributed by atoms with Crippen molar-refractivity contribution >= 4 is 34.0 Å². The second-order valence-electron chi connectivity index (χ2n) is 8.38. The summed E-state index contributed by atoms with van der Waals surface area (Å²) in [6, 6.07) is 10.6. The third-order valence-corrected chi connectivity index (χ3v) is 6.89. The van der Waals surface area contributed by atoms with Gasteiger partial charge >= 0.3 is 6.18 Å². The Labute approximate surface area is 214 Å². The summed E-state index contributed by atoms with van der Waals surface area (Å²) in [5, 5.41) is 8.25. The molecule has 0 aliphatic carbocycles. The topological polar surface area (TPSA) is 81.1 Å². The second kappa shape index (κ2) is 10.3. The monoisotopic (exact) mass is 525 g/mol. The minimum Gasteiger partial charge on any atom is -0.371 e. The fourth-order valence-corrected chi connectivity index (χ4v) is 4.95. The van der Waals surface area contributed by atoms with E-state index in [4.69, 9.17) is 4.74 Å². The Balaban J connectivity index is 1.50. The van der Waals surface area contributed by atoms with Crippen molar-refractivity contribution in [2.24, 2.45) is 0 Å². The summed E-state index contributed by atoms with van der Waals surface area (Å²) in [5.74, 6) is 5.61. The lowest BCUT2D eigenvalue weighted by Gasteiger charge is -2.24. The van der Waals surface area contributed by atoms with E-state index in [0.29, 0.717) is 29.0 Å². The maximum atomic E-state index is 13.5. The van der Waals surface area contributed by atoms with E-state index in [1.165, 1.54) is 22.2 Å². The lowest BCUT2D eigenvalue weighted by Crippen LogP contribution is -2.33. The van der Waals surface area contributed by atoms with Crippen molar-refractivity contribution in [3.63, 3.8) is 0 Å². The molecular weight excluding hydrogens is 503 g/mol. The number of fused-ring (bicyclic) bond motifs is 1. The molecule has 1 atom stereocenters. The van der Waals surface area contributed by atoms with Crippen LogP contribution in [0, 0.1) is 11.8 Å². The van der Waals surface area contributed by atoms with Crippen LogP contribution in [0.25, 0.3) is 11.0 Å². The minimum absolute atomic E-state index is 0.00867. The molecule has 5 rings (SSSR count). The molecule has 3 aromatic heterocycles. The van der Waals surface area contributed by atoms with Crippen molar-refractivity contribution in [2.75, 3.05) is 25.0 Å². The molecule has 11 heteroatoms. The first-order valence-electron chi connectivity index (χ1n) is 11.5. The number of ether oxygens (including phenoxy) is 1. The number of anilines is 2. The summed E-state index contributed by atoms with van der Waals surface area (Å²) >= 11 is 0.591. The molecular formula is C26H22F3N5O2S. The zero-order valence-corrected chi connectivity index (χ0v) is 20.5. The Bertz CT molecular complexity index is 1550. The van der Waals surface area contributed by atoms with Gasteiger partial charge in [-0.3, -0.25) is 9.36 Å². The molecule has 1 aliphatic heterocycles. The molecule has 1 aromatic carbocycles. The number of halogens is 3. The number of nitrogens with zero attached hydrogens (tertiary/aromatic N) is 3. The predicted octanol–water partition coefficient (Wildman–Crippen LogP) is 4.70. The van der Waals surface area contributed by atoms with Gasteiger partial charge in [-0.25, -0.2) is 4.98 Å². The molecule has 2 N–H and O–H groups in total. The molecule has 1 unspecified atom stereocenters. The van der Waals surface area contributed by atoms with Crippen molar-refractivity contribution in [2.45, 2.75) is 25.7 Å². The van der Waals surface area contributed by atoms with Gasteiger partial charge in [0, 0.05) is 30.4 Å². The molecule has 190 valence electrons. The average Bonchev–Trinajstić information content (AvgIpc) is 3.37. The van der Waals surface area contributed by atoms with Gasteiger partial charge in [-0.1, -0.05) is 18.1 Å². The van der Waals surface area contributed by atoms with E-state index in [-0.39, 0.29) is 35.4 Å². The highest BCUT2D eigenvalue weighted by Crippen LogP contribution is 2.36. The van der Waals surface area contributed by atoms with Gasteiger partial charge in [0.05, 0.1) is 24.8 Å². The molecule has 0 spiro atoms. The molecule has 1 aliphatic rings. The number of morpholine rings is 1. The van der Waals surface area contributed by atoms with Crippen molar-refractivity contribution in [1.82, 2.24) is 19.9 Å². The van der Waals surface area contributed by atoms with Crippen LogP contribution in [-0.4, -0.2) is 34.2 Å². The van der Waals surface area contributed by atoms with Crippen LogP contribution in [0.1, 0.15) is 34.6 Å². The minimum atomic E-state index is -4.52. The molecule has 1 fully saturated rings. The fourth-order valence-electron chi connectivity index (χ4n) is 4.16. The van der Waals surface area contributed by atoms with Crippen molar-refractivity contribution in [3.8, 4) is 11.8 Å². The molecule has 4 heterocycles. The SMILES string of the molecule is CC#Cc1cc2cnc(Nc3ccc(C4CNCCO4)cc3)nc2n(Cc2ccsc2C(F)(F)F)c1=O. The number of nitrogens with one attached hydrogen (secondary N) is 2. The van der Waals surface area contributed by atoms with E-state index in [0.717, 1.165) is 18.7 Å². The van der Waals surface area contributed by atoms with E-state index in [1.807, 2.05) is 24.3 Å². The number of rotatable bonds is 5. The zero-order valence-electron chi connectivity index (χ0n) is 19.7. The summed E-state index contributed by atoms with van der Waals surface area (Å²) in [5.41, 5.74) is 1.60. The van der Waals surface area contributed by atoms with Crippen LogP contribution in [0.4, 0.5) is 24.8 Å². The fraction of sp³-hybridized carbons (Fsp3) is 0.269. The van der Waals surface area contributed by atoms with Crippen LogP contribution in [-0.2, 0) is 17.5 Å². The van der Waals surface area contributed by atoms with Gasteiger partial charge in [0.15, 0.2) is 0 Å². The molecule has 37 heavy (non-hydrogen) atoms. The van der Waals surface area contributed by atoms with Crippen LogP contribution in [0.5, 0.6) is 0 Å². The highest BCUT2D eigenvalue weighted by molar-refractivity contribution is 7.10. The number of hydrogen-bond acceptors (Lipinski definition) is 7. The third kappa shape index (κ3) is 5.36. The first kappa shape index (κ1) is 25.0. The van der Waals surface area contributed by atoms with Crippen LogP contribution in [0.15, 0.2) is 52.8 Å². The van der Waals surface area contributed by atoms with Gasteiger partial charge in [0.2, 0.25) is 5.95 Å². The van der Waals surface area contributed by atoms with E-state index in [2.05, 4.69) is 32.4 Å². The number of benzene rings is 1. The van der Waals surface area contributed by atoms with E-state index in [1.54, 1.807) is 13.0 Å². The number of aromatic nitrogens is 3. The number of hydrogen-bond donors (Lipinski definition) is 2. The Hall–Kier alpha value is -3.72. The lowest BCUT2D eigenvalue weighted by atomic mass is 10.1. The summed E-state index contributed by atoms with van der Waals surface area (Å²) in [6.45, 7) is 3.51. The van der Waals surface area contributed by atoms with Gasteiger partial charge in [0.1, 0.15) is 10.5 Å². The summed E-state index contributed by atoms with van der Waals surface area (Å²) in [6.07, 6.45) is -3.01. The molecule has 4 aromatic rings. The molecule has 0 bridgehead atoms. The van der Waals surface area contributed by atoms with Gasteiger partial charge in [-0.05, 0) is 47.7 Å². The van der Waals surface area contributed by atoms with E-state index in [9.17, 15) is 18.0 Å². The highest BCUT2D eigenvalue weighted by atomic mass is 32.1. The van der Waals surface area contributed by atoms with Gasteiger partial charge in [-0.15, -0.1) is 17.3 Å². The molecule has 0 amide bonds. The van der Waals surface area contributed by atoms with Crippen molar-refractivity contribution in [3.05, 3.63) is 79.9 Å². The lowest BCUT2D eigenvalue weighted by molar-refractivity contribution is -0.134. The molecule has 7 nitrogen and oxygen atoms in total. The second-order valence-corrected chi connectivity index (χ2v) is 9.30. The standard InChI is InChI=1S/C26H22F3N5O2S/c1-2-3-17-12-19-13-31-25(32-20-6-4-16(5-7-20)21-14-30-9-10-36-21)33-23(19)34(24(17)35)15-18-8-11-37-22(18)26(27,28)29/h4-8,11-13,21,30H,9-10,14-15H2,1H3,(H,31,32,33). The molecule has 0 saturated carbocycles. The number of thiophene rings is 1. The van der Waals surface area contributed by atoms with Crippen LogP contribution in [0.3, 0.4) is 0 Å². The van der Waals surface area contributed by atoms with Crippen molar-refractivity contribution < 1.29 is 17.9 Å². The Morgan fingerprint density at radius 3 is 2.78 bits per heavy atom. The highest BCUT2D eigenvalue weighted by Gasteiger charge is 2.35. The Morgan fingerprint density at radius 2 is 2.08 bits per heavy atom. The molecule has 1 saturated heterocycles. The number of alkyl halides is 3. The van der Waals surface area contributed by atoms with Gasteiger partial charge < -0.3 is 15.4 Å². The Morgan fingerprint density at radius 1 is 1.27 bits per heavy atom. The molecule has 0 radical (unpaired) electrons. The van der Waals surface area contributed by atoms with Gasteiger partial charge in [-0.2, -0.15) is 18.2 Å².